The van der Waals surface area contributed by atoms with E-state index in [0.29, 0.717) is 34.7 Å². The van der Waals surface area contributed by atoms with Gasteiger partial charge in [-0.3, -0.25) is 9.48 Å². The highest BCUT2D eigenvalue weighted by molar-refractivity contribution is 6.30. The van der Waals surface area contributed by atoms with E-state index in [1.165, 1.54) is 28.8 Å². The van der Waals surface area contributed by atoms with Gasteiger partial charge in [-0.15, -0.1) is 0 Å². The highest BCUT2D eigenvalue weighted by Crippen LogP contribution is 2.43. The van der Waals surface area contributed by atoms with Crippen molar-refractivity contribution in [2.24, 2.45) is 0 Å². The normalized spacial score (nSPS) is 15.7. The number of rotatable bonds is 7. The summed E-state index contributed by atoms with van der Waals surface area (Å²) in [4.78, 5) is 26.4. The number of hydrogen-bond donors (Lipinski definition) is 1. The van der Waals surface area contributed by atoms with Crippen molar-refractivity contribution in [1.29, 1.82) is 0 Å². The zero-order valence-electron chi connectivity index (χ0n) is 24.0. The summed E-state index contributed by atoms with van der Waals surface area (Å²) in [6.45, 7) is 1.28. The third-order valence-electron chi connectivity index (χ3n) is 8.94. The quantitative estimate of drug-likeness (QED) is 0.184. The first-order valence-electron chi connectivity index (χ1n) is 15.0. The number of aromatic nitrogens is 2. The van der Waals surface area contributed by atoms with Crippen molar-refractivity contribution >= 4 is 46.0 Å². The number of hydrogen-bond acceptors (Lipinski definition) is 3. The van der Waals surface area contributed by atoms with Crippen LogP contribution in [-0.4, -0.2) is 44.8 Å². The number of carbonyl (C=O) groups excluding carboxylic acids is 1. The van der Waals surface area contributed by atoms with E-state index in [2.05, 4.69) is 47.1 Å². The van der Waals surface area contributed by atoms with Crippen molar-refractivity contribution < 1.29 is 14.7 Å². The van der Waals surface area contributed by atoms with Gasteiger partial charge in [-0.05, 0) is 103 Å². The Morgan fingerprint density at radius 2 is 1.27 bits per heavy atom. The predicted octanol–water partition coefficient (Wildman–Crippen LogP) is 8.58. The molecule has 1 saturated heterocycles. The molecule has 8 heteroatoms. The molecule has 2 heterocycles. The number of halogens is 2. The number of aromatic carboxylic acids is 1. The van der Waals surface area contributed by atoms with Crippen LogP contribution in [0.2, 0.25) is 10.0 Å². The van der Waals surface area contributed by atoms with E-state index in [1.807, 2.05) is 29.2 Å². The Bertz CT molecular complexity index is 1790. The van der Waals surface area contributed by atoms with Crippen LogP contribution in [0.3, 0.4) is 0 Å². The number of benzene rings is 4. The SMILES string of the molecule is O=C(O)c1ccc(C(=O)N2CCC(c3c4cc(C(c5ccc(Cl)cc5)c5ccc(Cl)cc5)ccc4nn3C3CC3)CC2)cc1. The van der Waals surface area contributed by atoms with Crippen molar-refractivity contribution in [2.45, 2.75) is 43.6 Å². The molecule has 44 heavy (non-hydrogen) atoms. The lowest BCUT2D eigenvalue weighted by Gasteiger charge is -2.32. The van der Waals surface area contributed by atoms with Gasteiger partial charge in [-0.1, -0.05) is 53.5 Å². The van der Waals surface area contributed by atoms with Gasteiger partial charge in [-0.2, -0.15) is 5.10 Å². The monoisotopic (exact) mass is 623 g/mol. The molecule has 0 atom stereocenters. The molecule has 1 amide bonds. The second-order valence-corrected chi connectivity index (χ2v) is 12.7. The highest BCUT2D eigenvalue weighted by Gasteiger charge is 2.34. The minimum absolute atomic E-state index is 0.00181. The number of carboxylic acid groups (broad SMARTS) is 1. The maximum Gasteiger partial charge on any atom is 0.335 e. The molecule has 1 aliphatic heterocycles. The van der Waals surface area contributed by atoms with E-state index in [1.54, 1.807) is 12.1 Å². The molecule has 1 aromatic heterocycles. The van der Waals surface area contributed by atoms with Crippen LogP contribution in [0.1, 0.15) is 86.7 Å². The number of likely N-dealkylation sites (tertiary alicyclic amines) is 1. The van der Waals surface area contributed by atoms with E-state index in [-0.39, 0.29) is 23.3 Å². The van der Waals surface area contributed by atoms with Crippen LogP contribution in [0.5, 0.6) is 0 Å². The first-order chi connectivity index (χ1) is 21.4. The molecule has 0 unspecified atom stereocenters. The van der Waals surface area contributed by atoms with E-state index < -0.39 is 5.97 Å². The summed E-state index contributed by atoms with van der Waals surface area (Å²) in [5.41, 5.74) is 6.44. The summed E-state index contributed by atoms with van der Waals surface area (Å²) in [7, 11) is 0. The Kier molecular flexibility index (Phi) is 7.65. The Balaban J connectivity index is 1.21. The van der Waals surface area contributed by atoms with Gasteiger partial charge in [-0.25, -0.2) is 4.79 Å². The van der Waals surface area contributed by atoms with Crippen molar-refractivity contribution in [2.75, 3.05) is 13.1 Å². The summed E-state index contributed by atoms with van der Waals surface area (Å²) in [5.74, 6) is -0.783. The van der Waals surface area contributed by atoms with Gasteiger partial charge < -0.3 is 10.0 Å². The maximum atomic E-state index is 13.2. The topological polar surface area (TPSA) is 75.4 Å². The average molecular weight is 625 g/mol. The first-order valence-corrected chi connectivity index (χ1v) is 15.8. The third kappa shape index (κ3) is 5.60. The average Bonchev–Trinajstić information content (AvgIpc) is 3.83. The minimum atomic E-state index is -1.000. The van der Waals surface area contributed by atoms with Gasteiger partial charge >= 0.3 is 5.97 Å². The van der Waals surface area contributed by atoms with Gasteiger partial charge in [0, 0.05) is 51.6 Å². The minimum Gasteiger partial charge on any atom is -0.478 e. The molecule has 1 saturated carbocycles. The molecule has 7 rings (SSSR count). The molecule has 5 aromatic rings. The van der Waals surface area contributed by atoms with E-state index >= 15 is 0 Å². The van der Waals surface area contributed by atoms with Crippen LogP contribution in [0.4, 0.5) is 0 Å². The fraction of sp³-hybridized carbons (Fsp3) is 0.250. The fourth-order valence-corrected chi connectivity index (χ4v) is 6.76. The highest BCUT2D eigenvalue weighted by atomic mass is 35.5. The number of amides is 1. The fourth-order valence-electron chi connectivity index (χ4n) is 6.51. The van der Waals surface area contributed by atoms with Crippen LogP contribution in [0.25, 0.3) is 10.9 Å². The molecule has 0 bridgehead atoms. The van der Waals surface area contributed by atoms with E-state index in [9.17, 15) is 14.7 Å². The van der Waals surface area contributed by atoms with Crippen LogP contribution < -0.4 is 0 Å². The second-order valence-electron chi connectivity index (χ2n) is 11.8. The molecule has 2 fully saturated rings. The molecule has 0 spiro atoms. The predicted molar refractivity (Wildman–Crippen MR) is 173 cm³/mol. The van der Waals surface area contributed by atoms with Gasteiger partial charge in [0.15, 0.2) is 0 Å². The lowest BCUT2D eigenvalue weighted by Crippen LogP contribution is -2.38. The van der Waals surface area contributed by atoms with Crippen LogP contribution in [0, 0.1) is 0 Å². The number of piperidine rings is 1. The number of carboxylic acids is 1. The lowest BCUT2D eigenvalue weighted by atomic mass is 9.84. The summed E-state index contributed by atoms with van der Waals surface area (Å²) < 4.78 is 2.26. The van der Waals surface area contributed by atoms with E-state index in [0.717, 1.165) is 42.3 Å². The van der Waals surface area contributed by atoms with Gasteiger partial charge in [0.25, 0.3) is 5.91 Å². The van der Waals surface area contributed by atoms with Gasteiger partial charge in [0.2, 0.25) is 0 Å². The van der Waals surface area contributed by atoms with Crippen molar-refractivity contribution in [1.82, 2.24) is 14.7 Å². The summed E-state index contributed by atoms with van der Waals surface area (Å²) >= 11 is 12.5. The molecule has 2 aliphatic rings. The molecule has 1 aliphatic carbocycles. The Morgan fingerprint density at radius 1 is 0.727 bits per heavy atom. The molecular weight excluding hydrogens is 593 g/mol. The third-order valence-corrected chi connectivity index (χ3v) is 9.44. The van der Waals surface area contributed by atoms with Gasteiger partial charge in [0.05, 0.1) is 17.1 Å². The number of fused-ring (bicyclic) bond motifs is 1. The zero-order valence-corrected chi connectivity index (χ0v) is 25.5. The van der Waals surface area contributed by atoms with Gasteiger partial charge in [0.1, 0.15) is 0 Å². The van der Waals surface area contributed by atoms with Crippen molar-refractivity contribution in [3.8, 4) is 0 Å². The molecule has 0 radical (unpaired) electrons. The largest absolute Gasteiger partial charge is 0.478 e. The summed E-state index contributed by atoms with van der Waals surface area (Å²) in [6, 6.07) is 29.3. The molecule has 6 nitrogen and oxygen atoms in total. The number of nitrogens with zero attached hydrogens (tertiary/aromatic N) is 3. The lowest BCUT2D eigenvalue weighted by molar-refractivity contribution is 0.0688. The van der Waals surface area contributed by atoms with Crippen LogP contribution >= 0.6 is 23.2 Å². The molecule has 1 N–H and O–H groups in total. The first kappa shape index (κ1) is 28.6. The van der Waals surface area contributed by atoms with Crippen molar-refractivity contribution in [3.05, 3.63) is 135 Å². The second kappa shape index (κ2) is 11.8. The van der Waals surface area contributed by atoms with Crippen molar-refractivity contribution in [3.63, 3.8) is 0 Å². The standard InChI is InChI=1S/C36H31Cl2N3O3/c37-28-10-5-22(6-11-28)33(23-7-12-29(38)13-8-23)27-9-16-32-31(21-27)34(41(39-32)30-14-15-30)24-17-19-40(20-18-24)35(42)25-1-3-26(4-2-25)36(43)44/h1-13,16,21,24,30,33H,14-15,17-20H2,(H,43,44). The summed E-state index contributed by atoms with van der Waals surface area (Å²) in [5, 5.41) is 16.9. The summed E-state index contributed by atoms with van der Waals surface area (Å²) in [6.07, 6.45) is 3.95. The molecular formula is C36H31Cl2N3O3. The smallest absolute Gasteiger partial charge is 0.335 e. The van der Waals surface area contributed by atoms with E-state index in [4.69, 9.17) is 28.3 Å². The Morgan fingerprint density at radius 3 is 1.82 bits per heavy atom. The Labute approximate surface area is 265 Å². The molecule has 222 valence electrons. The number of carbonyl (C=O) groups is 2. The zero-order chi connectivity index (χ0) is 30.4. The Hall–Kier alpha value is -4.13. The molecule has 4 aromatic carbocycles. The van der Waals surface area contributed by atoms with Crippen LogP contribution in [-0.2, 0) is 0 Å². The maximum absolute atomic E-state index is 13.2. The van der Waals surface area contributed by atoms with Crippen LogP contribution in [0.15, 0.2) is 91.0 Å².